The first-order chi connectivity index (χ1) is 16.2. The highest BCUT2D eigenvalue weighted by molar-refractivity contribution is 7.89. The minimum Gasteiger partial charge on any atom is -0.349 e. The Morgan fingerprint density at radius 1 is 1.21 bits per heavy atom. The van der Waals surface area contributed by atoms with Crippen LogP contribution in [0.15, 0.2) is 47.4 Å². The number of sulfonamides is 1. The Morgan fingerprint density at radius 3 is 2.59 bits per heavy atom. The SMILES string of the molecule is CCn1c(CNC(=O)C2CCN(S(=O)(=O)c3cc([N+](=O)[O-])ccc3C)CC2)nc2ccccc21. The number of nitrogens with zero attached hydrogens (tertiary/aromatic N) is 4. The monoisotopic (exact) mass is 485 g/mol. The molecule has 1 aliphatic heterocycles. The molecule has 2 aromatic carbocycles. The van der Waals surface area contributed by atoms with Crippen LogP contribution in [0.3, 0.4) is 0 Å². The highest BCUT2D eigenvalue weighted by Crippen LogP contribution is 2.28. The van der Waals surface area contributed by atoms with E-state index in [4.69, 9.17) is 0 Å². The summed E-state index contributed by atoms with van der Waals surface area (Å²) in [5, 5.41) is 14.0. The number of nitro groups is 1. The fourth-order valence-corrected chi connectivity index (χ4v) is 6.12. The number of imidazole rings is 1. The zero-order valence-corrected chi connectivity index (χ0v) is 19.9. The van der Waals surface area contributed by atoms with E-state index < -0.39 is 14.9 Å². The third-order valence-electron chi connectivity index (χ3n) is 6.30. The van der Waals surface area contributed by atoms with E-state index in [0.717, 1.165) is 29.5 Å². The van der Waals surface area contributed by atoms with Gasteiger partial charge in [-0.25, -0.2) is 13.4 Å². The van der Waals surface area contributed by atoms with Crippen molar-refractivity contribution in [1.82, 2.24) is 19.2 Å². The van der Waals surface area contributed by atoms with Crippen molar-refractivity contribution in [2.75, 3.05) is 13.1 Å². The van der Waals surface area contributed by atoms with Crippen LogP contribution in [0, 0.1) is 23.0 Å². The number of carbonyl (C=O) groups is 1. The van der Waals surface area contributed by atoms with Crippen LogP contribution < -0.4 is 5.32 Å². The Hall–Kier alpha value is -3.31. The van der Waals surface area contributed by atoms with Crippen molar-refractivity contribution in [1.29, 1.82) is 0 Å². The molecule has 1 N–H and O–H groups in total. The molecule has 10 nitrogen and oxygen atoms in total. The number of non-ortho nitro benzene ring substituents is 1. The minimum atomic E-state index is -3.89. The molecule has 1 fully saturated rings. The molecule has 0 spiro atoms. The van der Waals surface area contributed by atoms with Crippen molar-refractivity contribution >= 4 is 32.7 Å². The largest absolute Gasteiger partial charge is 0.349 e. The first-order valence-corrected chi connectivity index (χ1v) is 12.6. The van der Waals surface area contributed by atoms with Gasteiger partial charge in [-0.05, 0) is 44.4 Å². The van der Waals surface area contributed by atoms with Gasteiger partial charge in [-0.15, -0.1) is 0 Å². The van der Waals surface area contributed by atoms with Gasteiger partial charge < -0.3 is 9.88 Å². The number of para-hydroxylation sites is 2. The average molecular weight is 486 g/mol. The Bertz CT molecular complexity index is 1340. The quantitative estimate of drug-likeness (QED) is 0.405. The lowest BCUT2D eigenvalue weighted by molar-refractivity contribution is -0.385. The predicted molar refractivity (Wildman–Crippen MR) is 127 cm³/mol. The molecule has 11 heteroatoms. The van der Waals surface area contributed by atoms with Gasteiger partial charge >= 0.3 is 0 Å². The molecule has 0 atom stereocenters. The normalized spacial score (nSPS) is 15.5. The van der Waals surface area contributed by atoms with Crippen molar-refractivity contribution in [2.24, 2.45) is 5.92 Å². The van der Waals surface area contributed by atoms with Gasteiger partial charge in [-0.3, -0.25) is 14.9 Å². The zero-order valence-electron chi connectivity index (χ0n) is 19.1. The van der Waals surface area contributed by atoms with E-state index in [1.165, 1.54) is 16.4 Å². The van der Waals surface area contributed by atoms with E-state index >= 15 is 0 Å². The van der Waals surface area contributed by atoms with E-state index in [9.17, 15) is 23.3 Å². The maximum atomic E-state index is 13.1. The van der Waals surface area contributed by atoms with Gasteiger partial charge in [-0.2, -0.15) is 4.31 Å². The summed E-state index contributed by atoms with van der Waals surface area (Å²) in [7, 11) is -3.89. The molecule has 0 bridgehead atoms. The number of piperidine rings is 1. The second-order valence-corrected chi connectivity index (χ2v) is 10.3. The molecule has 0 unspecified atom stereocenters. The van der Waals surface area contributed by atoms with Crippen LogP contribution >= 0.6 is 0 Å². The highest BCUT2D eigenvalue weighted by Gasteiger charge is 2.33. The summed E-state index contributed by atoms with van der Waals surface area (Å²) in [6.45, 7) is 5.02. The number of rotatable bonds is 7. The lowest BCUT2D eigenvalue weighted by Crippen LogP contribution is -2.43. The summed E-state index contributed by atoms with van der Waals surface area (Å²) in [6, 6.07) is 11.6. The second-order valence-electron chi connectivity index (χ2n) is 8.36. The molecule has 3 aromatic rings. The third kappa shape index (κ3) is 4.53. The number of carbonyl (C=O) groups excluding carboxylic acids is 1. The first-order valence-electron chi connectivity index (χ1n) is 11.2. The van der Waals surface area contributed by atoms with Crippen molar-refractivity contribution in [3.05, 3.63) is 64.0 Å². The van der Waals surface area contributed by atoms with Gasteiger partial charge in [-0.1, -0.05) is 18.2 Å². The molecule has 2 heterocycles. The fourth-order valence-electron chi connectivity index (χ4n) is 4.40. The Balaban J connectivity index is 1.40. The molecule has 4 rings (SSSR count). The van der Waals surface area contributed by atoms with E-state index in [-0.39, 0.29) is 35.5 Å². The molecule has 1 amide bonds. The van der Waals surface area contributed by atoms with Gasteiger partial charge in [0.1, 0.15) is 5.82 Å². The first kappa shape index (κ1) is 23.8. The Labute approximate surface area is 197 Å². The van der Waals surface area contributed by atoms with E-state index in [0.29, 0.717) is 24.9 Å². The molecule has 180 valence electrons. The van der Waals surface area contributed by atoms with E-state index in [2.05, 4.69) is 14.9 Å². The average Bonchev–Trinajstić information content (AvgIpc) is 3.20. The van der Waals surface area contributed by atoms with Crippen LogP contribution in [0.1, 0.15) is 31.2 Å². The van der Waals surface area contributed by atoms with Crippen LogP contribution in [0.2, 0.25) is 0 Å². The zero-order chi connectivity index (χ0) is 24.5. The summed E-state index contributed by atoms with van der Waals surface area (Å²) >= 11 is 0. The van der Waals surface area contributed by atoms with Crippen LogP contribution in [-0.4, -0.2) is 46.2 Å². The van der Waals surface area contributed by atoms with Crippen molar-refractivity contribution in [2.45, 2.75) is 44.7 Å². The lowest BCUT2D eigenvalue weighted by Gasteiger charge is -2.30. The molecular formula is C23H27N5O5S. The standard InChI is InChI=1S/C23H27N5O5S/c1-3-27-20-7-5-4-6-19(20)25-22(27)15-24-23(29)17-10-12-26(13-11-17)34(32,33)21-14-18(28(30)31)9-8-16(21)2/h4-9,14,17H,3,10-13,15H2,1-2H3,(H,24,29). The molecule has 1 saturated heterocycles. The third-order valence-corrected chi connectivity index (χ3v) is 8.34. The minimum absolute atomic E-state index is 0.0666. The summed E-state index contributed by atoms with van der Waals surface area (Å²) < 4.78 is 29.6. The van der Waals surface area contributed by atoms with Crippen molar-refractivity contribution < 1.29 is 18.1 Å². The molecule has 0 radical (unpaired) electrons. The Kier molecular flexibility index (Phi) is 6.67. The van der Waals surface area contributed by atoms with Crippen molar-refractivity contribution in [3.63, 3.8) is 0 Å². The van der Waals surface area contributed by atoms with Gasteiger partial charge in [0.2, 0.25) is 15.9 Å². The number of hydrogen-bond donors (Lipinski definition) is 1. The number of aromatic nitrogens is 2. The maximum absolute atomic E-state index is 13.1. The summed E-state index contributed by atoms with van der Waals surface area (Å²) in [4.78, 5) is 27.8. The van der Waals surface area contributed by atoms with Crippen LogP contribution in [-0.2, 0) is 27.9 Å². The number of amides is 1. The van der Waals surface area contributed by atoms with Crippen LogP contribution in [0.25, 0.3) is 11.0 Å². The number of nitro benzene ring substituents is 1. The molecule has 34 heavy (non-hydrogen) atoms. The van der Waals surface area contributed by atoms with Crippen LogP contribution in [0.5, 0.6) is 0 Å². The molecule has 0 saturated carbocycles. The number of benzene rings is 2. The smallest absolute Gasteiger partial charge is 0.270 e. The molecule has 0 aliphatic carbocycles. The number of nitrogens with one attached hydrogen (secondary N) is 1. The topological polar surface area (TPSA) is 127 Å². The van der Waals surface area contributed by atoms with Crippen molar-refractivity contribution in [3.8, 4) is 0 Å². The van der Waals surface area contributed by atoms with Gasteiger partial charge in [0.25, 0.3) is 5.69 Å². The highest BCUT2D eigenvalue weighted by atomic mass is 32.2. The van der Waals surface area contributed by atoms with E-state index in [1.807, 2.05) is 31.2 Å². The number of fused-ring (bicyclic) bond motifs is 1. The Morgan fingerprint density at radius 2 is 1.91 bits per heavy atom. The fraction of sp³-hybridized carbons (Fsp3) is 0.391. The predicted octanol–water partition coefficient (Wildman–Crippen LogP) is 2.99. The van der Waals surface area contributed by atoms with Gasteiger partial charge in [0, 0.05) is 37.7 Å². The summed E-state index contributed by atoms with van der Waals surface area (Å²) in [6.07, 6.45) is 0.756. The number of hydrogen-bond acceptors (Lipinski definition) is 6. The van der Waals surface area contributed by atoms with Gasteiger partial charge in [0.05, 0.1) is 27.4 Å². The maximum Gasteiger partial charge on any atom is 0.270 e. The molecule has 1 aromatic heterocycles. The van der Waals surface area contributed by atoms with E-state index in [1.54, 1.807) is 6.92 Å². The summed E-state index contributed by atoms with van der Waals surface area (Å²) in [5.74, 6) is 0.341. The summed E-state index contributed by atoms with van der Waals surface area (Å²) in [5.41, 5.74) is 2.08. The number of aryl methyl sites for hydroxylation is 2. The van der Waals surface area contributed by atoms with Crippen LogP contribution in [0.4, 0.5) is 5.69 Å². The molecular weight excluding hydrogens is 458 g/mol. The van der Waals surface area contributed by atoms with Gasteiger partial charge in [0.15, 0.2) is 0 Å². The second kappa shape index (κ2) is 9.51. The molecule has 1 aliphatic rings. The lowest BCUT2D eigenvalue weighted by atomic mass is 9.97.